The number of aliphatic hydroxyl groups excluding tert-OH is 1. The van der Waals surface area contributed by atoms with Gasteiger partial charge in [-0.05, 0) is 24.6 Å². The number of rotatable bonds is 7. The third kappa shape index (κ3) is 4.77. The minimum absolute atomic E-state index is 0.0670. The zero-order valence-electron chi connectivity index (χ0n) is 12.1. The van der Waals surface area contributed by atoms with Crippen LogP contribution in [-0.2, 0) is 4.74 Å². The Bertz CT molecular complexity index is 545. The van der Waals surface area contributed by atoms with Crippen LogP contribution >= 0.6 is 0 Å². The first-order valence-corrected chi connectivity index (χ1v) is 6.98. The van der Waals surface area contributed by atoms with Gasteiger partial charge < -0.3 is 20.3 Å². The monoisotopic (exact) mass is 287 g/mol. The van der Waals surface area contributed by atoms with E-state index in [0.29, 0.717) is 11.4 Å². The standard InChI is InChI=1S/C17H21NO3/c1-13(14-7-3-2-4-8-14)20-11-15(19)12-21-17-10-6-5-9-16(17)18/h2-10,13,15,19H,11-12,18H2,1H3. The maximum atomic E-state index is 9.91. The first-order valence-electron chi connectivity index (χ1n) is 6.98. The quantitative estimate of drug-likeness (QED) is 0.769. The fraction of sp³-hybridized carbons (Fsp3) is 0.294. The highest BCUT2D eigenvalue weighted by Gasteiger charge is 2.11. The Morgan fingerprint density at radius 3 is 2.38 bits per heavy atom. The van der Waals surface area contributed by atoms with Gasteiger partial charge in [0.1, 0.15) is 18.5 Å². The molecule has 21 heavy (non-hydrogen) atoms. The molecule has 0 aliphatic carbocycles. The summed E-state index contributed by atoms with van der Waals surface area (Å²) < 4.78 is 11.1. The van der Waals surface area contributed by atoms with E-state index in [1.807, 2.05) is 49.4 Å². The number of hydrogen-bond donors (Lipinski definition) is 2. The van der Waals surface area contributed by atoms with Crippen molar-refractivity contribution in [1.29, 1.82) is 0 Å². The molecular formula is C17H21NO3. The molecule has 2 aromatic carbocycles. The molecule has 112 valence electrons. The number of benzene rings is 2. The molecule has 0 radical (unpaired) electrons. The summed E-state index contributed by atoms with van der Waals surface area (Å²) in [6, 6.07) is 17.1. The number of nitrogens with two attached hydrogens (primary N) is 1. The van der Waals surface area contributed by atoms with Crippen LogP contribution in [0.2, 0.25) is 0 Å². The summed E-state index contributed by atoms with van der Waals surface area (Å²) >= 11 is 0. The second kappa shape index (κ2) is 7.67. The normalized spacial score (nSPS) is 13.6. The summed E-state index contributed by atoms with van der Waals surface area (Å²) in [6.07, 6.45) is -0.765. The van der Waals surface area contributed by atoms with Crippen molar-refractivity contribution in [3.8, 4) is 5.75 Å². The molecule has 0 saturated heterocycles. The highest BCUT2D eigenvalue weighted by molar-refractivity contribution is 5.51. The molecule has 0 aliphatic rings. The van der Waals surface area contributed by atoms with Crippen molar-refractivity contribution in [3.63, 3.8) is 0 Å². The molecule has 3 N–H and O–H groups in total. The summed E-state index contributed by atoms with van der Waals surface area (Å²) in [5.74, 6) is 0.577. The lowest BCUT2D eigenvalue weighted by atomic mass is 10.1. The fourth-order valence-corrected chi connectivity index (χ4v) is 1.92. The van der Waals surface area contributed by atoms with E-state index in [4.69, 9.17) is 15.2 Å². The average molecular weight is 287 g/mol. The van der Waals surface area contributed by atoms with E-state index in [1.165, 1.54) is 0 Å². The van der Waals surface area contributed by atoms with Gasteiger partial charge in [-0.3, -0.25) is 0 Å². The van der Waals surface area contributed by atoms with Gasteiger partial charge in [-0.2, -0.15) is 0 Å². The largest absolute Gasteiger partial charge is 0.489 e. The van der Waals surface area contributed by atoms with Crippen molar-refractivity contribution in [2.24, 2.45) is 0 Å². The molecule has 2 unspecified atom stereocenters. The van der Waals surface area contributed by atoms with Gasteiger partial charge in [0, 0.05) is 0 Å². The smallest absolute Gasteiger partial charge is 0.142 e. The first kappa shape index (κ1) is 15.4. The molecule has 0 aromatic heterocycles. The molecule has 4 nitrogen and oxygen atoms in total. The van der Waals surface area contributed by atoms with E-state index in [9.17, 15) is 5.11 Å². The van der Waals surface area contributed by atoms with Crippen molar-refractivity contribution in [2.75, 3.05) is 18.9 Å². The molecule has 2 atom stereocenters. The highest BCUT2D eigenvalue weighted by atomic mass is 16.5. The second-order valence-electron chi connectivity index (χ2n) is 4.89. The molecule has 0 heterocycles. The molecule has 0 saturated carbocycles. The zero-order chi connectivity index (χ0) is 15.1. The Hall–Kier alpha value is -2.04. The number of ether oxygens (including phenoxy) is 2. The van der Waals surface area contributed by atoms with Crippen LogP contribution in [0.25, 0.3) is 0 Å². The van der Waals surface area contributed by atoms with Crippen LogP contribution in [0.15, 0.2) is 54.6 Å². The van der Waals surface area contributed by atoms with Gasteiger partial charge in [0.2, 0.25) is 0 Å². The van der Waals surface area contributed by atoms with E-state index in [-0.39, 0.29) is 19.3 Å². The molecule has 0 aliphatic heterocycles. The van der Waals surface area contributed by atoms with Crippen LogP contribution < -0.4 is 10.5 Å². The van der Waals surface area contributed by atoms with Crippen molar-refractivity contribution >= 4 is 5.69 Å². The number of anilines is 1. The lowest BCUT2D eigenvalue weighted by Crippen LogP contribution is -2.24. The average Bonchev–Trinajstić information content (AvgIpc) is 2.52. The van der Waals surface area contributed by atoms with Crippen molar-refractivity contribution in [3.05, 3.63) is 60.2 Å². The summed E-state index contributed by atoms with van der Waals surface area (Å²) in [6.45, 7) is 2.32. The van der Waals surface area contributed by atoms with Gasteiger partial charge in [0.05, 0.1) is 18.4 Å². The van der Waals surface area contributed by atoms with Gasteiger partial charge >= 0.3 is 0 Å². The summed E-state index contributed by atoms with van der Waals surface area (Å²) in [5, 5.41) is 9.91. The minimum atomic E-state index is -0.698. The molecule has 2 aromatic rings. The summed E-state index contributed by atoms with van der Waals surface area (Å²) in [7, 11) is 0. The zero-order valence-corrected chi connectivity index (χ0v) is 12.1. The van der Waals surface area contributed by atoms with Gasteiger partial charge in [-0.25, -0.2) is 0 Å². The molecule has 4 heteroatoms. The lowest BCUT2D eigenvalue weighted by molar-refractivity contribution is -0.0192. The highest BCUT2D eigenvalue weighted by Crippen LogP contribution is 2.20. The number of nitrogen functional groups attached to an aromatic ring is 1. The van der Waals surface area contributed by atoms with Crippen LogP contribution in [0.4, 0.5) is 5.69 Å². The van der Waals surface area contributed by atoms with Crippen molar-refractivity contribution in [2.45, 2.75) is 19.1 Å². The first-order chi connectivity index (χ1) is 10.2. The van der Waals surface area contributed by atoms with Crippen LogP contribution in [0.1, 0.15) is 18.6 Å². The van der Waals surface area contributed by atoms with Gasteiger partial charge in [0.25, 0.3) is 0 Å². The molecular weight excluding hydrogens is 266 g/mol. The number of para-hydroxylation sites is 2. The van der Waals surface area contributed by atoms with E-state index in [0.717, 1.165) is 5.56 Å². The van der Waals surface area contributed by atoms with E-state index in [1.54, 1.807) is 12.1 Å². The van der Waals surface area contributed by atoms with Crippen molar-refractivity contribution in [1.82, 2.24) is 0 Å². The predicted octanol–water partition coefficient (Wildman–Crippen LogP) is 2.79. The third-order valence-electron chi connectivity index (χ3n) is 3.16. The Labute approximate surface area is 125 Å². The Morgan fingerprint density at radius 2 is 1.67 bits per heavy atom. The van der Waals surface area contributed by atoms with Gasteiger partial charge in [-0.15, -0.1) is 0 Å². The predicted molar refractivity (Wildman–Crippen MR) is 83.2 cm³/mol. The molecule has 2 rings (SSSR count). The maximum Gasteiger partial charge on any atom is 0.142 e. The Kier molecular flexibility index (Phi) is 5.60. The SMILES string of the molecule is CC(OCC(O)COc1ccccc1N)c1ccccc1. The van der Waals surface area contributed by atoms with Crippen LogP contribution in [0, 0.1) is 0 Å². The summed E-state index contributed by atoms with van der Waals surface area (Å²) in [4.78, 5) is 0. The summed E-state index contributed by atoms with van der Waals surface area (Å²) in [5.41, 5.74) is 7.41. The van der Waals surface area contributed by atoms with Crippen LogP contribution in [0.3, 0.4) is 0 Å². The van der Waals surface area contributed by atoms with Gasteiger partial charge in [-0.1, -0.05) is 42.5 Å². The molecule has 0 bridgehead atoms. The molecule has 0 amide bonds. The lowest BCUT2D eigenvalue weighted by Gasteiger charge is -2.17. The van der Waals surface area contributed by atoms with Crippen molar-refractivity contribution < 1.29 is 14.6 Å². The van der Waals surface area contributed by atoms with E-state index >= 15 is 0 Å². The maximum absolute atomic E-state index is 9.91. The third-order valence-corrected chi connectivity index (χ3v) is 3.16. The number of hydrogen-bond acceptors (Lipinski definition) is 4. The van der Waals surface area contributed by atoms with Crippen LogP contribution in [0.5, 0.6) is 5.75 Å². The second-order valence-corrected chi connectivity index (χ2v) is 4.89. The minimum Gasteiger partial charge on any atom is -0.489 e. The van der Waals surface area contributed by atoms with Crippen LogP contribution in [-0.4, -0.2) is 24.4 Å². The Morgan fingerprint density at radius 1 is 1.00 bits per heavy atom. The topological polar surface area (TPSA) is 64.7 Å². The molecule has 0 spiro atoms. The van der Waals surface area contributed by atoms with E-state index < -0.39 is 6.10 Å². The van der Waals surface area contributed by atoms with Gasteiger partial charge in [0.15, 0.2) is 0 Å². The molecule has 0 fully saturated rings. The number of aliphatic hydroxyl groups is 1. The Balaban J connectivity index is 1.75. The fourth-order valence-electron chi connectivity index (χ4n) is 1.92. The van der Waals surface area contributed by atoms with E-state index in [2.05, 4.69) is 0 Å².